The number of nitrogens with zero attached hydrogens (tertiary/aromatic N) is 1. The van der Waals surface area contributed by atoms with E-state index in [1.165, 1.54) is 12.5 Å². The van der Waals surface area contributed by atoms with E-state index in [-0.39, 0.29) is 0 Å². The molecule has 0 amide bonds. The summed E-state index contributed by atoms with van der Waals surface area (Å²) in [5, 5.41) is 0. The third kappa shape index (κ3) is 1.84. The van der Waals surface area contributed by atoms with Crippen molar-refractivity contribution in [3.05, 3.63) is 37.0 Å². The minimum Gasteiger partial charge on any atom is -0.264 e. The van der Waals surface area contributed by atoms with Crippen molar-refractivity contribution in [2.75, 3.05) is 0 Å². The molecular formula is C8H10N. The molecule has 1 aromatic heterocycles. The van der Waals surface area contributed by atoms with Gasteiger partial charge in [-0.2, -0.15) is 0 Å². The van der Waals surface area contributed by atoms with Crippen molar-refractivity contribution < 1.29 is 1.37 Å². The van der Waals surface area contributed by atoms with Crippen LogP contribution in [0, 0.1) is 6.90 Å². The maximum Gasteiger partial charge on any atom is 0.0299 e. The van der Waals surface area contributed by atoms with Crippen molar-refractivity contribution in [3.8, 4) is 0 Å². The summed E-state index contributed by atoms with van der Waals surface area (Å²) in [4.78, 5) is 3.96. The second kappa shape index (κ2) is 3.23. The zero-order valence-electron chi connectivity index (χ0n) is 6.25. The van der Waals surface area contributed by atoms with Crippen LogP contribution in [0.5, 0.6) is 0 Å². The molecule has 0 aliphatic carbocycles. The van der Waals surface area contributed by atoms with Gasteiger partial charge >= 0.3 is 0 Å². The van der Waals surface area contributed by atoms with Crippen LogP contribution in [0.1, 0.15) is 13.4 Å². The summed E-state index contributed by atoms with van der Waals surface area (Å²) in [7, 11) is 0. The lowest BCUT2D eigenvalue weighted by Gasteiger charge is -1.92. The smallest absolute Gasteiger partial charge is 0.0299 e. The molecule has 1 rings (SSSR count). The summed E-state index contributed by atoms with van der Waals surface area (Å²) >= 11 is 0. The molecule has 0 bridgehead atoms. The van der Waals surface area contributed by atoms with Gasteiger partial charge in [0.15, 0.2) is 0 Å². The largest absolute Gasteiger partial charge is 0.264 e. The third-order valence-electron chi connectivity index (χ3n) is 1.16. The maximum atomic E-state index is 6.81. The van der Waals surface area contributed by atoms with Gasteiger partial charge in [-0.3, -0.25) is 4.98 Å². The first-order valence-electron chi connectivity index (χ1n) is 3.60. The molecule has 0 saturated heterocycles. The Morgan fingerprint density at radius 3 is 3.44 bits per heavy atom. The minimum atomic E-state index is 0.811. The summed E-state index contributed by atoms with van der Waals surface area (Å²) in [5.74, 6) is 0. The van der Waals surface area contributed by atoms with E-state index in [2.05, 4.69) is 4.98 Å². The van der Waals surface area contributed by atoms with Crippen LogP contribution in [0.15, 0.2) is 24.5 Å². The zero-order valence-corrected chi connectivity index (χ0v) is 5.25. The third-order valence-corrected chi connectivity index (χ3v) is 1.16. The van der Waals surface area contributed by atoms with Gasteiger partial charge in [0.05, 0.1) is 0 Å². The van der Waals surface area contributed by atoms with Gasteiger partial charge in [-0.05, 0) is 24.5 Å². The molecule has 0 unspecified atom stereocenters. The van der Waals surface area contributed by atoms with Gasteiger partial charge in [-0.1, -0.05) is 13.0 Å². The fraction of sp³-hybridized carbons (Fsp3) is 0.250. The van der Waals surface area contributed by atoms with Crippen LogP contribution in [-0.4, -0.2) is 4.98 Å². The highest BCUT2D eigenvalue weighted by molar-refractivity contribution is 5.08. The highest BCUT2D eigenvalue weighted by atomic mass is 14.6. The molecule has 1 heterocycles. The Morgan fingerprint density at radius 2 is 2.78 bits per heavy atom. The number of aromatic nitrogens is 1. The summed E-state index contributed by atoms with van der Waals surface area (Å²) in [6, 6.07) is 3.94. The molecule has 1 aromatic rings. The lowest BCUT2D eigenvalue weighted by molar-refractivity contribution is 0.985. The van der Waals surface area contributed by atoms with Crippen molar-refractivity contribution >= 4 is 0 Å². The fourth-order valence-electron chi connectivity index (χ4n) is 0.713. The summed E-state index contributed by atoms with van der Waals surface area (Å²) in [6.45, 7) is 1.42. The van der Waals surface area contributed by atoms with Crippen molar-refractivity contribution in [3.63, 3.8) is 0 Å². The predicted molar refractivity (Wildman–Crippen MR) is 37.9 cm³/mol. The molecule has 0 atom stereocenters. The molecule has 9 heavy (non-hydrogen) atoms. The Hall–Kier alpha value is -0.850. The Bertz CT molecular complexity index is 174. The van der Waals surface area contributed by atoms with Crippen LogP contribution in [0.25, 0.3) is 0 Å². The van der Waals surface area contributed by atoms with Crippen LogP contribution >= 0.6 is 0 Å². The highest BCUT2D eigenvalue weighted by Gasteiger charge is 1.85. The number of rotatable bonds is 3. The molecule has 0 fully saturated rings. The number of pyridine rings is 1. The van der Waals surface area contributed by atoms with E-state index in [0.717, 1.165) is 12.8 Å². The first-order chi connectivity index (χ1) is 4.93. The van der Waals surface area contributed by atoms with Gasteiger partial charge in [-0.15, -0.1) is 0 Å². The number of hydrogen-bond donors (Lipinski definition) is 0. The van der Waals surface area contributed by atoms with Crippen LogP contribution in [0.2, 0.25) is 0 Å². The van der Waals surface area contributed by atoms with Gasteiger partial charge in [0, 0.05) is 13.8 Å². The lowest BCUT2D eigenvalue weighted by Crippen LogP contribution is -1.81. The number of hydrogen-bond acceptors (Lipinski definition) is 1. The standard InChI is InChI=1S/C8H10N/c1-2-4-8-5-3-6-9-7-8/h3,5-7H,1-2,4H2/i1T. The summed E-state index contributed by atoms with van der Waals surface area (Å²) in [6.07, 6.45) is 5.33. The van der Waals surface area contributed by atoms with Crippen LogP contribution in [-0.2, 0) is 6.42 Å². The Balaban J connectivity index is 2.43. The molecular weight excluding hydrogens is 110 g/mol. The maximum absolute atomic E-state index is 6.81. The van der Waals surface area contributed by atoms with Crippen molar-refractivity contribution in [2.45, 2.75) is 12.8 Å². The topological polar surface area (TPSA) is 12.9 Å². The van der Waals surface area contributed by atoms with E-state index < -0.39 is 0 Å². The average molecular weight is 122 g/mol. The molecule has 1 heteroatoms. The Morgan fingerprint density at radius 1 is 1.78 bits per heavy atom. The quantitative estimate of drug-likeness (QED) is 0.596. The molecule has 47 valence electrons. The van der Waals surface area contributed by atoms with Crippen molar-refractivity contribution in [1.29, 1.82) is 0 Å². The fourth-order valence-corrected chi connectivity index (χ4v) is 0.713. The van der Waals surface area contributed by atoms with Gasteiger partial charge in [0.2, 0.25) is 0 Å². The predicted octanol–water partition coefficient (Wildman–Crippen LogP) is 1.85. The van der Waals surface area contributed by atoms with E-state index in [1.807, 2.05) is 18.3 Å². The minimum absolute atomic E-state index is 0.811. The molecule has 1 nitrogen and oxygen atoms in total. The van der Waals surface area contributed by atoms with E-state index in [0.29, 0.717) is 0 Å². The van der Waals surface area contributed by atoms with Crippen molar-refractivity contribution in [2.24, 2.45) is 0 Å². The van der Waals surface area contributed by atoms with Gasteiger partial charge in [0.1, 0.15) is 0 Å². The molecule has 0 aliphatic heterocycles. The van der Waals surface area contributed by atoms with E-state index in [1.54, 1.807) is 6.20 Å². The van der Waals surface area contributed by atoms with Gasteiger partial charge in [-0.25, -0.2) is 0 Å². The first kappa shape index (κ1) is 4.98. The van der Waals surface area contributed by atoms with Crippen LogP contribution < -0.4 is 0 Å². The molecule has 0 saturated carbocycles. The van der Waals surface area contributed by atoms with Gasteiger partial charge in [0.25, 0.3) is 0 Å². The zero-order chi connectivity index (χ0) is 7.23. The normalized spacial score (nSPS) is 10.9. The second-order valence-electron chi connectivity index (χ2n) is 1.90. The molecule has 1 radical (unpaired) electrons. The monoisotopic (exact) mass is 122 g/mol. The average Bonchev–Trinajstić information content (AvgIpc) is 2.03. The SMILES string of the molecule is [3H][CH]CCc1cccnc1. The lowest BCUT2D eigenvalue weighted by atomic mass is 10.2. The molecule has 0 N–H and O–H groups in total. The first-order valence-corrected chi connectivity index (χ1v) is 3.02. The molecule has 0 aliphatic rings. The summed E-state index contributed by atoms with van der Waals surface area (Å²) < 4.78 is 6.81. The highest BCUT2D eigenvalue weighted by Crippen LogP contribution is 1.97. The van der Waals surface area contributed by atoms with E-state index in [9.17, 15) is 0 Å². The molecule has 0 aromatic carbocycles. The van der Waals surface area contributed by atoms with Gasteiger partial charge < -0.3 is 0 Å². The van der Waals surface area contributed by atoms with Crippen molar-refractivity contribution in [1.82, 2.24) is 4.98 Å². The second-order valence-corrected chi connectivity index (χ2v) is 1.90. The van der Waals surface area contributed by atoms with E-state index >= 15 is 0 Å². The van der Waals surface area contributed by atoms with Crippen LogP contribution in [0.4, 0.5) is 0 Å². The molecule has 0 spiro atoms. The Labute approximate surface area is 57.2 Å². The van der Waals surface area contributed by atoms with E-state index in [4.69, 9.17) is 1.37 Å². The summed E-state index contributed by atoms with van der Waals surface area (Å²) in [5.41, 5.74) is 1.20. The van der Waals surface area contributed by atoms with Crippen LogP contribution in [0.3, 0.4) is 0 Å². The Kier molecular flexibility index (Phi) is 1.79. The number of aryl methyl sites for hydroxylation is 1.